The van der Waals surface area contributed by atoms with Crippen molar-refractivity contribution in [2.75, 3.05) is 13.7 Å². The minimum atomic E-state index is -3.73. The summed E-state index contributed by atoms with van der Waals surface area (Å²) in [5.41, 5.74) is 0. The Labute approximate surface area is 125 Å². The third-order valence-electron chi connectivity index (χ3n) is 2.64. The number of carbonyl (C=O) groups excluding carboxylic acids is 1. The Balaban J connectivity index is 1.95. The molecule has 0 atom stereocenters. The van der Waals surface area contributed by atoms with Gasteiger partial charge in [0.15, 0.2) is 0 Å². The summed E-state index contributed by atoms with van der Waals surface area (Å²) >= 11 is 1.03. The van der Waals surface area contributed by atoms with Gasteiger partial charge in [-0.15, -0.1) is 11.3 Å². The van der Waals surface area contributed by atoms with Crippen LogP contribution < -0.4 is 4.72 Å². The number of rotatable bonds is 7. The zero-order valence-electron chi connectivity index (χ0n) is 11.2. The normalized spacial score (nSPS) is 11.5. The molecule has 2 N–H and O–H groups in total. The average Bonchev–Trinajstić information content (AvgIpc) is 3.13. The predicted molar refractivity (Wildman–Crippen MR) is 75.6 cm³/mol. The maximum absolute atomic E-state index is 12.1. The second kappa shape index (κ2) is 6.78. The molecule has 2 rings (SSSR count). The van der Waals surface area contributed by atoms with Gasteiger partial charge in [-0.3, -0.25) is 5.10 Å². The fourth-order valence-electron chi connectivity index (χ4n) is 1.64. The van der Waals surface area contributed by atoms with Gasteiger partial charge in [-0.05, 0) is 17.9 Å². The molecule has 0 aromatic carbocycles. The van der Waals surface area contributed by atoms with Crippen LogP contribution in [-0.4, -0.2) is 43.2 Å². The van der Waals surface area contributed by atoms with E-state index in [0.717, 1.165) is 11.3 Å². The Morgan fingerprint density at radius 2 is 2.33 bits per heavy atom. The SMILES string of the molecule is COC(=O)c1sccc1S(=O)(=O)NCCCc1ncn[nH]1. The molecule has 114 valence electrons. The molecular formula is C11H14N4O4S2. The number of ether oxygens (including phenoxy) is 1. The number of aromatic nitrogens is 3. The molecule has 8 nitrogen and oxygen atoms in total. The number of aromatic amines is 1. The second-order valence-corrected chi connectivity index (χ2v) is 6.69. The number of aryl methyl sites for hydroxylation is 1. The first-order valence-corrected chi connectivity index (χ1v) is 8.40. The summed E-state index contributed by atoms with van der Waals surface area (Å²) < 4.78 is 31.3. The van der Waals surface area contributed by atoms with Crippen LogP contribution in [0.25, 0.3) is 0 Å². The average molecular weight is 330 g/mol. The summed E-state index contributed by atoms with van der Waals surface area (Å²) in [6.07, 6.45) is 2.54. The van der Waals surface area contributed by atoms with Crippen molar-refractivity contribution in [1.82, 2.24) is 19.9 Å². The number of methoxy groups -OCH3 is 1. The van der Waals surface area contributed by atoms with Crippen LogP contribution in [0.5, 0.6) is 0 Å². The number of hydrogen-bond donors (Lipinski definition) is 2. The van der Waals surface area contributed by atoms with Gasteiger partial charge in [0.25, 0.3) is 0 Å². The van der Waals surface area contributed by atoms with Gasteiger partial charge in [0.1, 0.15) is 21.9 Å². The van der Waals surface area contributed by atoms with Crippen molar-refractivity contribution in [3.63, 3.8) is 0 Å². The van der Waals surface area contributed by atoms with Gasteiger partial charge in [0, 0.05) is 13.0 Å². The highest BCUT2D eigenvalue weighted by Crippen LogP contribution is 2.22. The highest BCUT2D eigenvalue weighted by Gasteiger charge is 2.24. The first-order valence-electron chi connectivity index (χ1n) is 6.04. The van der Waals surface area contributed by atoms with Crippen LogP contribution in [0.4, 0.5) is 0 Å². The minimum Gasteiger partial charge on any atom is -0.465 e. The number of nitrogens with one attached hydrogen (secondary N) is 2. The highest BCUT2D eigenvalue weighted by atomic mass is 32.2. The van der Waals surface area contributed by atoms with Gasteiger partial charge in [-0.2, -0.15) is 5.10 Å². The van der Waals surface area contributed by atoms with Crippen molar-refractivity contribution in [3.8, 4) is 0 Å². The largest absolute Gasteiger partial charge is 0.465 e. The van der Waals surface area contributed by atoms with Gasteiger partial charge >= 0.3 is 5.97 Å². The molecular weight excluding hydrogens is 316 g/mol. The maximum Gasteiger partial charge on any atom is 0.349 e. The number of esters is 1. The molecule has 2 heterocycles. The minimum absolute atomic E-state index is 0.0565. The van der Waals surface area contributed by atoms with E-state index in [4.69, 9.17) is 0 Å². The van der Waals surface area contributed by atoms with Crippen LogP contribution in [0.3, 0.4) is 0 Å². The maximum atomic E-state index is 12.1. The second-order valence-electron chi connectivity index (χ2n) is 4.04. The molecule has 0 bridgehead atoms. The van der Waals surface area contributed by atoms with Gasteiger partial charge in [0.05, 0.1) is 7.11 Å². The summed E-state index contributed by atoms with van der Waals surface area (Å²) in [6.45, 7) is 0.236. The zero-order chi connectivity index (χ0) is 15.3. The Kier molecular flexibility index (Phi) is 5.04. The molecule has 0 radical (unpaired) electrons. The van der Waals surface area contributed by atoms with Crippen LogP contribution in [0.15, 0.2) is 22.7 Å². The molecule has 0 aliphatic carbocycles. The smallest absolute Gasteiger partial charge is 0.349 e. The van der Waals surface area contributed by atoms with Gasteiger partial charge in [-0.1, -0.05) is 0 Å². The lowest BCUT2D eigenvalue weighted by atomic mass is 10.3. The summed E-state index contributed by atoms with van der Waals surface area (Å²) in [5.74, 6) is 0.0343. The lowest BCUT2D eigenvalue weighted by Crippen LogP contribution is -2.26. The monoisotopic (exact) mass is 330 g/mol. The van der Waals surface area contributed by atoms with Crippen molar-refractivity contribution in [1.29, 1.82) is 0 Å². The Morgan fingerprint density at radius 3 is 3.00 bits per heavy atom. The van der Waals surface area contributed by atoms with E-state index in [2.05, 4.69) is 24.6 Å². The molecule has 0 saturated heterocycles. The van der Waals surface area contributed by atoms with E-state index in [1.165, 1.54) is 24.9 Å². The van der Waals surface area contributed by atoms with E-state index < -0.39 is 16.0 Å². The molecule has 0 fully saturated rings. The van der Waals surface area contributed by atoms with E-state index in [0.29, 0.717) is 18.7 Å². The molecule has 0 unspecified atom stereocenters. The summed E-state index contributed by atoms with van der Waals surface area (Å²) in [6, 6.07) is 1.38. The molecule has 0 saturated carbocycles. The number of H-pyrrole nitrogens is 1. The highest BCUT2D eigenvalue weighted by molar-refractivity contribution is 7.89. The number of thiophene rings is 1. The van der Waals surface area contributed by atoms with E-state index in [1.807, 2.05) is 0 Å². The number of carbonyl (C=O) groups is 1. The topological polar surface area (TPSA) is 114 Å². The third kappa shape index (κ3) is 3.86. The van der Waals surface area contributed by atoms with Crippen LogP contribution in [0.2, 0.25) is 0 Å². The van der Waals surface area contributed by atoms with Crippen LogP contribution in [0.1, 0.15) is 21.9 Å². The predicted octanol–water partition coefficient (Wildman–Crippen LogP) is 0.564. The summed E-state index contributed by atoms with van der Waals surface area (Å²) in [4.78, 5) is 15.5. The van der Waals surface area contributed by atoms with Crippen molar-refractivity contribution in [2.45, 2.75) is 17.7 Å². The molecule has 0 aliphatic rings. The van der Waals surface area contributed by atoms with Crippen molar-refractivity contribution in [2.24, 2.45) is 0 Å². The fourth-order valence-corrected chi connectivity index (χ4v) is 4.05. The van der Waals surface area contributed by atoms with Crippen LogP contribution >= 0.6 is 11.3 Å². The van der Waals surface area contributed by atoms with E-state index in [-0.39, 0.29) is 16.3 Å². The number of hydrogen-bond acceptors (Lipinski definition) is 7. The standard InChI is InChI=1S/C11H14N4O4S2/c1-19-11(16)10-8(4-6-20-10)21(17,18)14-5-2-3-9-12-7-13-15-9/h4,6-7,14H,2-3,5H2,1H3,(H,12,13,15). The zero-order valence-corrected chi connectivity index (χ0v) is 12.8. The Bertz CT molecular complexity index is 694. The third-order valence-corrected chi connectivity index (χ3v) is 5.16. The van der Waals surface area contributed by atoms with E-state index in [1.54, 1.807) is 0 Å². The number of nitrogens with zero attached hydrogens (tertiary/aromatic N) is 2. The van der Waals surface area contributed by atoms with Crippen molar-refractivity contribution < 1.29 is 17.9 Å². The molecule has 2 aromatic rings. The fraction of sp³-hybridized carbons (Fsp3) is 0.364. The molecule has 21 heavy (non-hydrogen) atoms. The van der Waals surface area contributed by atoms with E-state index >= 15 is 0 Å². The van der Waals surface area contributed by atoms with Gasteiger partial charge < -0.3 is 4.74 Å². The molecule has 0 amide bonds. The van der Waals surface area contributed by atoms with Gasteiger partial charge in [-0.25, -0.2) is 22.9 Å². The van der Waals surface area contributed by atoms with Crippen LogP contribution in [-0.2, 0) is 21.2 Å². The quantitative estimate of drug-likeness (QED) is 0.566. The Hall–Kier alpha value is -1.78. The molecule has 2 aromatic heterocycles. The van der Waals surface area contributed by atoms with Crippen LogP contribution in [0, 0.1) is 0 Å². The van der Waals surface area contributed by atoms with Gasteiger partial charge in [0.2, 0.25) is 10.0 Å². The lowest BCUT2D eigenvalue weighted by Gasteiger charge is -2.06. The Morgan fingerprint density at radius 1 is 1.52 bits per heavy atom. The first-order chi connectivity index (χ1) is 10.0. The first kappa shape index (κ1) is 15.6. The van der Waals surface area contributed by atoms with Crippen molar-refractivity contribution in [3.05, 3.63) is 28.5 Å². The lowest BCUT2D eigenvalue weighted by molar-refractivity contribution is 0.0602. The summed E-state index contributed by atoms with van der Waals surface area (Å²) in [5, 5.41) is 7.94. The number of sulfonamides is 1. The van der Waals surface area contributed by atoms with Crippen molar-refractivity contribution >= 4 is 27.3 Å². The molecule has 0 aliphatic heterocycles. The molecule has 0 spiro atoms. The summed E-state index contributed by atoms with van der Waals surface area (Å²) in [7, 11) is -2.52. The van der Waals surface area contributed by atoms with E-state index in [9.17, 15) is 13.2 Å². The molecule has 10 heteroatoms.